The van der Waals surface area contributed by atoms with Crippen molar-refractivity contribution in [2.75, 3.05) is 0 Å². The number of ether oxygens (including phenoxy) is 3. The Bertz CT molecular complexity index is 1480. The first-order valence-corrected chi connectivity index (χ1v) is 11.5. The lowest BCUT2D eigenvalue weighted by molar-refractivity contribution is -0.136. The van der Waals surface area contributed by atoms with Crippen LogP contribution in [0.15, 0.2) is 116 Å². The first-order valence-electron chi connectivity index (χ1n) is 11.5. The maximum absolute atomic E-state index is 13.4. The van der Waals surface area contributed by atoms with Crippen molar-refractivity contribution < 1.29 is 46.6 Å². The highest BCUT2D eigenvalue weighted by molar-refractivity contribution is 6.04. The number of allylic oxidation sites excluding steroid dienone is 5. The average molecular weight is 550 g/mol. The maximum atomic E-state index is 13.4. The Morgan fingerprint density at radius 1 is 0.725 bits per heavy atom. The van der Waals surface area contributed by atoms with E-state index in [2.05, 4.69) is 19.7 Å². The molecule has 0 amide bonds. The van der Waals surface area contributed by atoms with Gasteiger partial charge in [-0.1, -0.05) is 44.0 Å². The molecule has 1 unspecified atom stereocenters. The third kappa shape index (κ3) is 7.87. The smallest absolute Gasteiger partial charge is 0.371 e. The lowest BCUT2D eigenvalue weighted by Gasteiger charge is -2.20. The second-order valence-corrected chi connectivity index (χ2v) is 8.20. The van der Waals surface area contributed by atoms with Crippen molar-refractivity contribution in [1.29, 1.82) is 0 Å². The number of hydrogen-bond donors (Lipinski definition) is 0. The van der Waals surface area contributed by atoms with E-state index in [-0.39, 0.29) is 22.8 Å². The lowest BCUT2D eigenvalue weighted by Crippen LogP contribution is -2.11. The molecule has 10 heteroatoms. The number of benzene rings is 2. The van der Waals surface area contributed by atoms with E-state index in [9.17, 15) is 32.3 Å². The summed E-state index contributed by atoms with van der Waals surface area (Å²) < 4.78 is 53.8. The highest BCUT2D eigenvalue weighted by Gasteiger charge is 2.22. The number of halogens is 3. The molecule has 40 heavy (non-hydrogen) atoms. The minimum absolute atomic E-state index is 0.000325. The van der Waals surface area contributed by atoms with Gasteiger partial charge in [0.25, 0.3) is 0 Å². The Balaban J connectivity index is 1.76. The van der Waals surface area contributed by atoms with Crippen LogP contribution in [0.4, 0.5) is 13.2 Å². The molecule has 0 N–H and O–H groups in total. The molecule has 0 saturated heterocycles. The van der Waals surface area contributed by atoms with Crippen LogP contribution >= 0.6 is 0 Å². The van der Waals surface area contributed by atoms with Gasteiger partial charge in [-0.2, -0.15) is 13.2 Å². The molecule has 0 heterocycles. The molecule has 1 aliphatic rings. The molecule has 2 aromatic rings. The molecule has 0 aliphatic heterocycles. The number of esters is 3. The second-order valence-electron chi connectivity index (χ2n) is 8.20. The minimum Gasteiger partial charge on any atom is -0.421 e. The molecule has 7 nitrogen and oxygen atoms in total. The fraction of sp³-hybridized carbons (Fsp3) is 0.0667. The van der Waals surface area contributed by atoms with Crippen LogP contribution in [0.1, 0.15) is 22.3 Å². The van der Waals surface area contributed by atoms with E-state index in [0.717, 1.165) is 0 Å². The summed E-state index contributed by atoms with van der Waals surface area (Å²) in [5.41, 5.74) is 1.18. The Morgan fingerprint density at radius 2 is 1.20 bits per heavy atom. The molecule has 0 saturated carbocycles. The summed E-state index contributed by atoms with van der Waals surface area (Å²) in [6.45, 7) is 8.63. The summed E-state index contributed by atoms with van der Waals surface area (Å²) in [5, 5.41) is 0. The van der Waals surface area contributed by atoms with E-state index in [1.165, 1.54) is 60.7 Å². The average Bonchev–Trinajstić information content (AvgIpc) is 2.92. The Labute approximate surface area is 226 Å². The zero-order chi connectivity index (χ0) is 29.4. The fourth-order valence-corrected chi connectivity index (χ4v) is 3.37. The number of carbonyl (C=O) groups is 4. The third-order valence-electron chi connectivity index (χ3n) is 5.31. The molecule has 1 atom stereocenters. The molecular weight excluding hydrogens is 529 g/mol. The van der Waals surface area contributed by atoms with Crippen molar-refractivity contribution in [2.45, 2.75) is 6.42 Å². The van der Waals surface area contributed by atoms with Gasteiger partial charge >= 0.3 is 17.9 Å². The standard InChI is InChI=1S/C30H21F3O7/c1-17(31)28(35)38-23-10-6-21(7-11-23)25-14-4-20(16-27(25)40-30(37)19(3)33)5-15-26(34)22-8-12-24(13-9-22)39-29(36)18(2)32/h5-16,20H,1-4H2/b15-5+. The van der Waals surface area contributed by atoms with Crippen LogP contribution in [0, 0.1) is 5.92 Å². The summed E-state index contributed by atoms with van der Waals surface area (Å²) in [6.07, 6.45) is 6.45. The SMILES string of the molecule is C=C(F)C(=O)OC1=CC(/C=C/C(=O)c2ccc(OC(=O)C(=C)F)cc2)CC=C1c1ccc(OC(=O)C(=C)F)cc1. The summed E-state index contributed by atoms with van der Waals surface area (Å²) in [5.74, 6) is -8.37. The first-order chi connectivity index (χ1) is 18.9. The van der Waals surface area contributed by atoms with Gasteiger partial charge in [0, 0.05) is 17.1 Å². The van der Waals surface area contributed by atoms with E-state index in [0.29, 0.717) is 17.6 Å². The minimum atomic E-state index is -1.31. The van der Waals surface area contributed by atoms with Gasteiger partial charge in [0.05, 0.1) is 0 Å². The van der Waals surface area contributed by atoms with Gasteiger partial charge in [-0.15, -0.1) is 0 Å². The van der Waals surface area contributed by atoms with Gasteiger partial charge in [-0.3, -0.25) is 4.79 Å². The molecule has 204 valence electrons. The van der Waals surface area contributed by atoms with E-state index in [1.54, 1.807) is 12.2 Å². The molecule has 0 aromatic heterocycles. The molecule has 0 radical (unpaired) electrons. The van der Waals surface area contributed by atoms with E-state index in [1.807, 2.05) is 0 Å². The summed E-state index contributed by atoms with van der Waals surface area (Å²) in [6, 6.07) is 11.2. The normalized spacial score (nSPS) is 14.4. The third-order valence-corrected chi connectivity index (χ3v) is 5.31. The van der Waals surface area contributed by atoms with E-state index < -0.39 is 47.1 Å². The summed E-state index contributed by atoms with van der Waals surface area (Å²) >= 11 is 0. The van der Waals surface area contributed by atoms with Crippen LogP contribution in [0.3, 0.4) is 0 Å². The zero-order valence-corrected chi connectivity index (χ0v) is 20.8. The highest BCUT2D eigenvalue weighted by Crippen LogP contribution is 2.33. The van der Waals surface area contributed by atoms with E-state index >= 15 is 0 Å². The molecular formula is C30H21F3O7. The predicted octanol–water partition coefficient (Wildman–Crippen LogP) is 6.22. The van der Waals surface area contributed by atoms with Crippen LogP contribution in [0.2, 0.25) is 0 Å². The predicted molar refractivity (Wildman–Crippen MR) is 139 cm³/mol. The van der Waals surface area contributed by atoms with E-state index in [4.69, 9.17) is 14.2 Å². The number of ketones is 1. The maximum Gasteiger partial charge on any atom is 0.371 e. The number of rotatable bonds is 10. The van der Waals surface area contributed by atoms with Crippen molar-refractivity contribution in [2.24, 2.45) is 5.92 Å². The van der Waals surface area contributed by atoms with Gasteiger partial charge in [0.15, 0.2) is 5.78 Å². The molecule has 0 fully saturated rings. The van der Waals surface area contributed by atoms with Gasteiger partial charge in [-0.25, -0.2) is 14.4 Å². The quantitative estimate of drug-likeness (QED) is 0.150. The van der Waals surface area contributed by atoms with Gasteiger partial charge < -0.3 is 14.2 Å². The molecule has 1 aliphatic carbocycles. The van der Waals surface area contributed by atoms with Crippen molar-refractivity contribution in [3.63, 3.8) is 0 Å². The zero-order valence-electron chi connectivity index (χ0n) is 20.8. The van der Waals surface area contributed by atoms with Crippen molar-refractivity contribution in [3.05, 3.63) is 127 Å². The van der Waals surface area contributed by atoms with Crippen LogP contribution in [0.25, 0.3) is 5.57 Å². The largest absolute Gasteiger partial charge is 0.421 e. The topological polar surface area (TPSA) is 96.0 Å². The number of hydrogen-bond acceptors (Lipinski definition) is 7. The lowest BCUT2D eigenvalue weighted by atomic mass is 9.90. The molecule has 3 rings (SSSR count). The molecule has 2 aromatic carbocycles. The van der Waals surface area contributed by atoms with Gasteiger partial charge in [-0.05, 0) is 60.5 Å². The van der Waals surface area contributed by atoms with Crippen LogP contribution < -0.4 is 9.47 Å². The van der Waals surface area contributed by atoms with Gasteiger partial charge in [0.2, 0.25) is 17.5 Å². The van der Waals surface area contributed by atoms with Crippen molar-refractivity contribution >= 4 is 29.3 Å². The van der Waals surface area contributed by atoms with Crippen molar-refractivity contribution in [3.8, 4) is 11.5 Å². The highest BCUT2D eigenvalue weighted by atomic mass is 19.1. The summed E-state index contributed by atoms with van der Waals surface area (Å²) in [4.78, 5) is 47.1. The van der Waals surface area contributed by atoms with Crippen LogP contribution in [-0.2, 0) is 19.1 Å². The Morgan fingerprint density at radius 3 is 1.70 bits per heavy atom. The molecule has 0 spiro atoms. The second kappa shape index (κ2) is 13.0. The van der Waals surface area contributed by atoms with Crippen LogP contribution in [-0.4, -0.2) is 23.7 Å². The fourth-order valence-electron chi connectivity index (χ4n) is 3.37. The van der Waals surface area contributed by atoms with Gasteiger partial charge in [0.1, 0.15) is 17.3 Å². The molecule has 0 bridgehead atoms. The van der Waals surface area contributed by atoms with Crippen LogP contribution in [0.5, 0.6) is 11.5 Å². The van der Waals surface area contributed by atoms with Crippen molar-refractivity contribution in [1.82, 2.24) is 0 Å². The Kier molecular flexibility index (Phi) is 9.53. The Hall–Kier alpha value is -5.25. The monoisotopic (exact) mass is 550 g/mol. The summed E-state index contributed by atoms with van der Waals surface area (Å²) in [7, 11) is 0. The number of carbonyl (C=O) groups excluding carboxylic acids is 4. The first kappa shape index (κ1) is 29.3.